The summed E-state index contributed by atoms with van der Waals surface area (Å²) in [5, 5.41) is 8.90. The third-order valence-electron chi connectivity index (χ3n) is 6.33. The lowest BCUT2D eigenvalue weighted by Crippen LogP contribution is -2.40. The number of carbonyl (C=O) groups is 2. The highest BCUT2D eigenvalue weighted by Gasteiger charge is 2.34. The average molecular weight is 549 g/mol. The summed E-state index contributed by atoms with van der Waals surface area (Å²) in [6.07, 6.45) is 3.07. The van der Waals surface area contributed by atoms with E-state index in [0.717, 1.165) is 17.5 Å². The van der Waals surface area contributed by atoms with Crippen LogP contribution in [0.15, 0.2) is 69.6 Å². The van der Waals surface area contributed by atoms with Crippen molar-refractivity contribution in [2.45, 2.75) is 52.5 Å². The summed E-state index contributed by atoms with van der Waals surface area (Å²) in [5.74, 6) is -0.820. The molecule has 0 radical (unpaired) electrons. The molecule has 0 saturated carbocycles. The predicted molar refractivity (Wildman–Crippen MR) is 150 cm³/mol. The van der Waals surface area contributed by atoms with Crippen molar-refractivity contribution in [3.05, 3.63) is 96.2 Å². The van der Waals surface area contributed by atoms with Crippen LogP contribution in [0.1, 0.15) is 69.2 Å². The van der Waals surface area contributed by atoms with Crippen molar-refractivity contribution in [3.63, 3.8) is 0 Å². The molecule has 3 aromatic rings. The lowest BCUT2D eigenvalue weighted by molar-refractivity contribution is -0.140. The molecule has 204 valence electrons. The number of rotatable bonds is 10. The van der Waals surface area contributed by atoms with E-state index in [0.29, 0.717) is 44.3 Å². The lowest BCUT2D eigenvalue weighted by atomic mass is 9.92. The van der Waals surface area contributed by atoms with Gasteiger partial charge in [0.25, 0.3) is 5.56 Å². The number of esters is 1. The van der Waals surface area contributed by atoms with Gasteiger partial charge in [0.2, 0.25) is 0 Å². The number of carbonyl (C=O) groups excluding carboxylic acids is 1. The second kappa shape index (κ2) is 12.3. The Hall–Kier alpha value is -3.98. The number of aliphatic carboxylic acids is 1. The minimum atomic E-state index is -1.07. The van der Waals surface area contributed by atoms with Gasteiger partial charge in [0.05, 0.1) is 28.5 Å². The fraction of sp³-hybridized carbons (Fsp3) is 0.333. The summed E-state index contributed by atoms with van der Waals surface area (Å²) >= 11 is 1.25. The number of hydrogen-bond acceptors (Lipinski definition) is 7. The van der Waals surface area contributed by atoms with E-state index >= 15 is 0 Å². The Bertz CT molecular complexity index is 1580. The van der Waals surface area contributed by atoms with E-state index < -0.39 is 24.6 Å². The standard InChI is InChI=1S/C30H32N2O6S/c1-5-8-23-26(29(36)37-6-2)27(21-13-11-20(12-14-21)18(3)4)32-28(35)24(39-30(32)31-23)16-19-9-7-10-22(15-19)38-17-25(33)34/h7,9-16,18,27H,5-6,8,17H2,1-4H3,(H,33,34)/b24-16-/t27-/m0/s1. The first-order chi connectivity index (χ1) is 18.7. The van der Waals surface area contributed by atoms with Crippen molar-refractivity contribution in [2.24, 2.45) is 4.99 Å². The number of ether oxygens (including phenoxy) is 2. The van der Waals surface area contributed by atoms with Crippen molar-refractivity contribution >= 4 is 29.4 Å². The molecule has 8 nitrogen and oxygen atoms in total. The number of thiazole rings is 1. The molecule has 1 aliphatic heterocycles. The number of aromatic nitrogens is 1. The summed E-state index contributed by atoms with van der Waals surface area (Å²) < 4.78 is 12.8. The Labute approximate surface area is 230 Å². The topological polar surface area (TPSA) is 107 Å². The Morgan fingerprint density at radius 1 is 1.15 bits per heavy atom. The summed E-state index contributed by atoms with van der Waals surface area (Å²) in [6.45, 7) is 7.76. The van der Waals surface area contributed by atoms with Gasteiger partial charge >= 0.3 is 11.9 Å². The van der Waals surface area contributed by atoms with Gasteiger partial charge in [-0.1, -0.05) is 74.9 Å². The van der Waals surface area contributed by atoms with Gasteiger partial charge in [-0.05, 0) is 54.2 Å². The highest BCUT2D eigenvalue weighted by Crippen LogP contribution is 2.33. The summed E-state index contributed by atoms with van der Waals surface area (Å²) in [5.41, 5.74) is 3.39. The van der Waals surface area contributed by atoms with Gasteiger partial charge < -0.3 is 14.6 Å². The van der Waals surface area contributed by atoms with Crippen LogP contribution in [-0.4, -0.2) is 34.8 Å². The molecule has 0 bridgehead atoms. The Morgan fingerprint density at radius 3 is 2.54 bits per heavy atom. The molecule has 1 atom stereocenters. The van der Waals surface area contributed by atoms with Crippen LogP contribution in [-0.2, 0) is 14.3 Å². The van der Waals surface area contributed by atoms with Crippen LogP contribution in [0.25, 0.3) is 6.08 Å². The average Bonchev–Trinajstić information content (AvgIpc) is 3.21. The molecule has 0 spiro atoms. The van der Waals surface area contributed by atoms with E-state index in [4.69, 9.17) is 19.6 Å². The van der Waals surface area contributed by atoms with Crippen molar-refractivity contribution in [1.29, 1.82) is 0 Å². The number of allylic oxidation sites excluding steroid dienone is 1. The van der Waals surface area contributed by atoms with Gasteiger partial charge in [-0.3, -0.25) is 9.36 Å². The van der Waals surface area contributed by atoms with Crippen LogP contribution >= 0.6 is 11.3 Å². The number of benzene rings is 2. The van der Waals surface area contributed by atoms with E-state index in [9.17, 15) is 14.4 Å². The van der Waals surface area contributed by atoms with Gasteiger partial charge in [0.15, 0.2) is 11.4 Å². The highest BCUT2D eigenvalue weighted by molar-refractivity contribution is 7.07. The van der Waals surface area contributed by atoms with Gasteiger partial charge in [0.1, 0.15) is 5.75 Å². The van der Waals surface area contributed by atoms with Crippen LogP contribution in [0.5, 0.6) is 5.75 Å². The van der Waals surface area contributed by atoms with Crippen molar-refractivity contribution in [3.8, 4) is 5.75 Å². The Kier molecular flexibility index (Phi) is 8.81. The smallest absolute Gasteiger partial charge is 0.341 e. The zero-order valence-corrected chi connectivity index (χ0v) is 23.3. The zero-order chi connectivity index (χ0) is 28.1. The molecular weight excluding hydrogens is 516 g/mol. The minimum Gasteiger partial charge on any atom is -0.482 e. The molecule has 0 amide bonds. The van der Waals surface area contributed by atoms with E-state index in [-0.39, 0.29) is 12.2 Å². The highest BCUT2D eigenvalue weighted by atomic mass is 32.1. The molecule has 1 N–H and O–H groups in total. The molecule has 1 aromatic heterocycles. The first kappa shape index (κ1) is 28.0. The van der Waals surface area contributed by atoms with Crippen LogP contribution in [0.2, 0.25) is 0 Å². The van der Waals surface area contributed by atoms with Gasteiger partial charge in [-0.2, -0.15) is 0 Å². The second-order valence-corrected chi connectivity index (χ2v) is 10.5. The number of fused-ring (bicyclic) bond motifs is 1. The summed E-state index contributed by atoms with van der Waals surface area (Å²) in [7, 11) is 0. The monoisotopic (exact) mass is 548 g/mol. The van der Waals surface area contributed by atoms with Crippen LogP contribution in [0.4, 0.5) is 0 Å². The number of carboxylic acid groups (broad SMARTS) is 1. The van der Waals surface area contributed by atoms with Crippen molar-refractivity contribution in [2.75, 3.05) is 13.2 Å². The maximum Gasteiger partial charge on any atom is 0.341 e. The molecule has 0 fully saturated rings. The Balaban J connectivity index is 1.90. The number of hydrogen-bond donors (Lipinski definition) is 1. The summed E-state index contributed by atoms with van der Waals surface area (Å²) in [4.78, 5) is 43.3. The van der Waals surface area contributed by atoms with Crippen molar-refractivity contribution < 1.29 is 24.2 Å². The van der Waals surface area contributed by atoms with E-state index in [1.807, 2.05) is 31.2 Å². The Morgan fingerprint density at radius 2 is 1.90 bits per heavy atom. The summed E-state index contributed by atoms with van der Waals surface area (Å²) in [6, 6.07) is 14.2. The second-order valence-electron chi connectivity index (χ2n) is 9.49. The molecule has 39 heavy (non-hydrogen) atoms. The van der Waals surface area contributed by atoms with E-state index in [1.54, 1.807) is 41.8 Å². The molecular formula is C30H32N2O6S. The van der Waals surface area contributed by atoms with Crippen LogP contribution in [0, 0.1) is 0 Å². The first-order valence-corrected chi connectivity index (χ1v) is 13.8. The molecule has 0 aliphatic carbocycles. The molecule has 0 unspecified atom stereocenters. The molecule has 4 rings (SSSR count). The molecule has 9 heteroatoms. The first-order valence-electron chi connectivity index (χ1n) is 13.0. The molecule has 2 aromatic carbocycles. The van der Waals surface area contributed by atoms with Crippen LogP contribution < -0.4 is 19.6 Å². The van der Waals surface area contributed by atoms with Gasteiger partial charge in [-0.25, -0.2) is 14.6 Å². The van der Waals surface area contributed by atoms with Crippen molar-refractivity contribution in [1.82, 2.24) is 4.57 Å². The SMILES string of the molecule is CCCC1=C(C(=O)OCC)[C@H](c2ccc(C(C)C)cc2)n2c(s/c(=C\c3cccc(OCC(=O)O)c3)c2=O)=N1. The van der Waals surface area contributed by atoms with E-state index in [1.165, 1.54) is 11.3 Å². The number of carboxylic acids is 1. The quantitative estimate of drug-likeness (QED) is 0.381. The predicted octanol–water partition coefficient (Wildman–Crippen LogP) is 4.17. The molecule has 1 aliphatic rings. The van der Waals surface area contributed by atoms with Crippen LogP contribution in [0.3, 0.4) is 0 Å². The maximum atomic E-state index is 13.9. The number of nitrogens with zero attached hydrogens (tertiary/aromatic N) is 2. The third kappa shape index (κ3) is 6.20. The largest absolute Gasteiger partial charge is 0.482 e. The fourth-order valence-corrected chi connectivity index (χ4v) is 5.51. The third-order valence-corrected chi connectivity index (χ3v) is 7.31. The van der Waals surface area contributed by atoms with Gasteiger partial charge in [-0.15, -0.1) is 0 Å². The van der Waals surface area contributed by atoms with Gasteiger partial charge in [0, 0.05) is 0 Å². The fourth-order valence-electron chi connectivity index (χ4n) is 4.49. The lowest BCUT2D eigenvalue weighted by Gasteiger charge is -2.26. The normalized spacial score (nSPS) is 15.2. The minimum absolute atomic E-state index is 0.214. The zero-order valence-electron chi connectivity index (χ0n) is 22.5. The van der Waals surface area contributed by atoms with E-state index in [2.05, 4.69) is 13.8 Å². The molecule has 2 heterocycles. The maximum absolute atomic E-state index is 13.9. The molecule has 0 saturated heterocycles.